The van der Waals surface area contributed by atoms with Gasteiger partial charge in [-0.3, -0.25) is 4.79 Å². The second kappa shape index (κ2) is 6.52. The SMILES string of the molecule is CC(C)Nc1cccc(C(=O)N2CC[C@]3(O)CCCC[C@@H]3C2)c1. The van der Waals surface area contributed by atoms with Gasteiger partial charge in [-0.15, -0.1) is 0 Å². The normalized spacial score (nSPS) is 27.7. The van der Waals surface area contributed by atoms with Crippen LogP contribution in [0.5, 0.6) is 0 Å². The first-order valence-electron chi connectivity index (χ1n) is 8.86. The third kappa shape index (κ3) is 3.52. The van der Waals surface area contributed by atoms with E-state index in [4.69, 9.17) is 0 Å². The van der Waals surface area contributed by atoms with Gasteiger partial charge in [0.1, 0.15) is 0 Å². The molecule has 1 aliphatic heterocycles. The predicted octanol–water partition coefficient (Wildman–Crippen LogP) is 3.27. The lowest BCUT2D eigenvalue weighted by Gasteiger charge is -2.47. The molecule has 1 amide bonds. The topological polar surface area (TPSA) is 52.6 Å². The van der Waals surface area contributed by atoms with Gasteiger partial charge in [-0.2, -0.15) is 0 Å². The van der Waals surface area contributed by atoms with Gasteiger partial charge in [0.25, 0.3) is 5.91 Å². The summed E-state index contributed by atoms with van der Waals surface area (Å²) in [5.41, 5.74) is 1.18. The molecule has 1 aliphatic carbocycles. The van der Waals surface area contributed by atoms with Gasteiger partial charge in [-0.1, -0.05) is 18.9 Å². The number of hydrogen-bond acceptors (Lipinski definition) is 3. The standard InChI is InChI=1S/C19H28N2O2/c1-14(2)20-17-8-5-6-15(12-17)18(22)21-11-10-19(23)9-4-3-7-16(19)13-21/h5-6,8,12,14,16,20,23H,3-4,7,9-11,13H2,1-2H3/t16-,19-/m1/s1. The van der Waals surface area contributed by atoms with Crippen LogP contribution in [0.1, 0.15) is 56.3 Å². The summed E-state index contributed by atoms with van der Waals surface area (Å²) in [6.07, 6.45) is 4.93. The molecule has 2 fully saturated rings. The van der Waals surface area contributed by atoms with Crippen molar-refractivity contribution in [1.82, 2.24) is 4.90 Å². The van der Waals surface area contributed by atoms with E-state index in [1.54, 1.807) is 0 Å². The smallest absolute Gasteiger partial charge is 0.253 e. The van der Waals surface area contributed by atoms with E-state index in [-0.39, 0.29) is 11.8 Å². The minimum atomic E-state index is -0.532. The van der Waals surface area contributed by atoms with Crippen LogP contribution in [-0.4, -0.2) is 40.6 Å². The molecule has 1 aromatic rings. The molecule has 0 spiro atoms. The number of aliphatic hydroxyl groups is 1. The first-order valence-corrected chi connectivity index (χ1v) is 8.86. The molecule has 0 bridgehead atoms. The molecule has 23 heavy (non-hydrogen) atoms. The van der Waals surface area contributed by atoms with Gasteiger partial charge >= 0.3 is 0 Å². The van der Waals surface area contributed by atoms with Gasteiger partial charge in [-0.25, -0.2) is 0 Å². The molecule has 2 aliphatic rings. The Kier molecular flexibility index (Phi) is 4.62. The third-order valence-corrected chi connectivity index (χ3v) is 5.28. The molecule has 1 aromatic carbocycles. The van der Waals surface area contributed by atoms with Crippen LogP contribution < -0.4 is 5.32 Å². The number of hydrogen-bond donors (Lipinski definition) is 2. The number of amides is 1. The van der Waals surface area contributed by atoms with E-state index >= 15 is 0 Å². The number of piperidine rings is 1. The Morgan fingerprint density at radius 3 is 2.96 bits per heavy atom. The van der Waals surface area contributed by atoms with E-state index in [2.05, 4.69) is 19.2 Å². The van der Waals surface area contributed by atoms with Crippen LogP contribution in [0.15, 0.2) is 24.3 Å². The van der Waals surface area contributed by atoms with Crippen molar-refractivity contribution in [1.29, 1.82) is 0 Å². The number of anilines is 1. The van der Waals surface area contributed by atoms with Gasteiger partial charge < -0.3 is 15.3 Å². The molecule has 126 valence electrons. The molecule has 1 saturated carbocycles. The quantitative estimate of drug-likeness (QED) is 0.900. The molecule has 0 radical (unpaired) electrons. The van der Waals surface area contributed by atoms with Crippen LogP contribution >= 0.6 is 0 Å². The zero-order chi connectivity index (χ0) is 16.4. The Morgan fingerprint density at radius 2 is 2.17 bits per heavy atom. The minimum Gasteiger partial charge on any atom is -0.389 e. The average molecular weight is 316 g/mol. The van der Waals surface area contributed by atoms with Crippen LogP contribution in [0, 0.1) is 5.92 Å². The number of benzene rings is 1. The summed E-state index contributed by atoms with van der Waals surface area (Å²) in [5, 5.41) is 14.1. The largest absolute Gasteiger partial charge is 0.389 e. The Morgan fingerprint density at radius 1 is 1.35 bits per heavy atom. The molecular weight excluding hydrogens is 288 g/mol. The fraction of sp³-hybridized carbons (Fsp3) is 0.632. The van der Waals surface area contributed by atoms with Gasteiger partial charge in [0, 0.05) is 36.3 Å². The van der Waals surface area contributed by atoms with Crippen molar-refractivity contribution in [2.45, 2.75) is 57.6 Å². The number of carbonyl (C=O) groups excluding carboxylic acids is 1. The summed E-state index contributed by atoms with van der Waals surface area (Å²) < 4.78 is 0. The second-order valence-corrected chi connectivity index (χ2v) is 7.43. The van der Waals surface area contributed by atoms with Gasteiger partial charge in [0.15, 0.2) is 0 Å². The van der Waals surface area contributed by atoms with Gasteiger partial charge in [0.2, 0.25) is 0 Å². The van der Waals surface area contributed by atoms with E-state index in [1.165, 1.54) is 6.42 Å². The molecule has 1 heterocycles. The maximum atomic E-state index is 12.8. The summed E-state index contributed by atoms with van der Waals surface area (Å²) in [7, 11) is 0. The first kappa shape index (κ1) is 16.3. The van der Waals surface area contributed by atoms with Crippen molar-refractivity contribution in [3.63, 3.8) is 0 Å². The number of likely N-dealkylation sites (tertiary alicyclic amines) is 1. The average Bonchev–Trinajstić information content (AvgIpc) is 2.53. The molecule has 0 aromatic heterocycles. The number of nitrogens with one attached hydrogen (secondary N) is 1. The highest BCUT2D eigenvalue weighted by Gasteiger charge is 2.43. The Hall–Kier alpha value is -1.55. The lowest BCUT2D eigenvalue weighted by molar-refractivity contribution is -0.0886. The fourth-order valence-electron chi connectivity index (χ4n) is 4.01. The highest BCUT2D eigenvalue weighted by Crippen LogP contribution is 2.40. The Bertz CT molecular complexity index is 572. The van der Waals surface area contributed by atoms with Crippen molar-refractivity contribution < 1.29 is 9.90 Å². The van der Waals surface area contributed by atoms with Gasteiger partial charge in [-0.05, 0) is 51.3 Å². The van der Waals surface area contributed by atoms with Crippen LogP contribution in [0.4, 0.5) is 5.69 Å². The summed E-state index contributed by atoms with van der Waals surface area (Å²) in [4.78, 5) is 14.8. The maximum absolute atomic E-state index is 12.8. The minimum absolute atomic E-state index is 0.0880. The van der Waals surface area contributed by atoms with Crippen molar-refractivity contribution in [2.75, 3.05) is 18.4 Å². The summed E-state index contributed by atoms with van der Waals surface area (Å²) >= 11 is 0. The fourth-order valence-corrected chi connectivity index (χ4v) is 4.01. The summed E-state index contributed by atoms with van der Waals surface area (Å²) in [6, 6.07) is 8.08. The molecule has 4 heteroatoms. The summed E-state index contributed by atoms with van der Waals surface area (Å²) in [6.45, 7) is 5.52. The lowest BCUT2D eigenvalue weighted by atomic mass is 9.71. The molecule has 3 rings (SSSR count). The molecule has 1 saturated heterocycles. The maximum Gasteiger partial charge on any atom is 0.253 e. The molecule has 4 nitrogen and oxygen atoms in total. The van der Waals surface area contributed by atoms with Crippen molar-refractivity contribution in [3.05, 3.63) is 29.8 Å². The van der Waals surface area contributed by atoms with Crippen LogP contribution in [0.2, 0.25) is 0 Å². The summed E-state index contributed by atoms with van der Waals surface area (Å²) in [5.74, 6) is 0.330. The van der Waals surface area contributed by atoms with E-state index < -0.39 is 5.60 Å². The van der Waals surface area contributed by atoms with Crippen LogP contribution in [-0.2, 0) is 0 Å². The Balaban J connectivity index is 1.71. The highest BCUT2D eigenvalue weighted by atomic mass is 16.3. The predicted molar refractivity (Wildman–Crippen MR) is 92.6 cm³/mol. The molecule has 2 atom stereocenters. The molecule has 0 unspecified atom stereocenters. The number of carbonyl (C=O) groups is 1. The Labute approximate surface area is 138 Å². The van der Waals surface area contributed by atoms with E-state index in [9.17, 15) is 9.90 Å². The third-order valence-electron chi connectivity index (χ3n) is 5.28. The molecular formula is C19H28N2O2. The van der Waals surface area contributed by atoms with E-state index in [0.717, 1.165) is 30.5 Å². The van der Waals surface area contributed by atoms with Crippen molar-refractivity contribution in [3.8, 4) is 0 Å². The highest BCUT2D eigenvalue weighted by molar-refractivity contribution is 5.95. The molecule has 2 N–H and O–H groups in total. The lowest BCUT2D eigenvalue weighted by Crippen LogP contribution is -2.54. The second-order valence-electron chi connectivity index (χ2n) is 7.43. The van der Waals surface area contributed by atoms with E-state index in [0.29, 0.717) is 25.6 Å². The number of fused-ring (bicyclic) bond motifs is 1. The van der Waals surface area contributed by atoms with Crippen LogP contribution in [0.25, 0.3) is 0 Å². The van der Waals surface area contributed by atoms with Gasteiger partial charge in [0.05, 0.1) is 5.60 Å². The zero-order valence-electron chi connectivity index (χ0n) is 14.2. The van der Waals surface area contributed by atoms with Crippen LogP contribution in [0.3, 0.4) is 0 Å². The monoisotopic (exact) mass is 316 g/mol. The van der Waals surface area contributed by atoms with Crippen molar-refractivity contribution >= 4 is 11.6 Å². The zero-order valence-corrected chi connectivity index (χ0v) is 14.2. The number of nitrogens with zero attached hydrogens (tertiary/aromatic N) is 1. The van der Waals surface area contributed by atoms with E-state index in [1.807, 2.05) is 29.2 Å². The van der Waals surface area contributed by atoms with Crippen molar-refractivity contribution in [2.24, 2.45) is 5.92 Å². The number of rotatable bonds is 3. The first-order chi connectivity index (χ1) is 11.0.